The molecule has 1 aromatic carbocycles. The van der Waals surface area contributed by atoms with E-state index in [-0.39, 0.29) is 6.10 Å². The van der Waals surface area contributed by atoms with E-state index in [4.69, 9.17) is 0 Å². The van der Waals surface area contributed by atoms with Crippen molar-refractivity contribution in [3.8, 4) is 0 Å². The van der Waals surface area contributed by atoms with Gasteiger partial charge in [-0.1, -0.05) is 15.9 Å². The first-order valence-corrected chi connectivity index (χ1v) is 8.63. The largest absolute Gasteiger partial charge is 0.392 e. The van der Waals surface area contributed by atoms with E-state index >= 15 is 0 Å². The fraction of sp³-hybridized carbons (Fsp3) is 0.357. The molecule has 0 saturated heterocycles. The number of hydrogen-bond donors (Lipinski definition) is 1. The summed E-state index contributed by atoms with van der Waals surface area (Å²) >= 11 is 6.77. The lowest BCUT2D eigenvalue weighted by Gasteiger charge is -2.08. The molecule has 0 aliphatic heterocycles. The Balaban J connectivity index is 1.84. The Hall–Kier alpha value is -0.360. The first kappa shape index (κ1) is 15.0. The summed E-state index contributed by atoms with van der Waals surface area (Å²) in [5.41, 5.74) is 1.08. The molecule has 1 N–H and O–H groups in total. The smallest absolute Gasteiger partial charge is 0.0956 e. The number of nitrogens with zero attached hydrogens (tertiary/aromatic N) is 1. The van der Waals surface area contributed by atoms with E-state index in [1.807, 2.05) is 19.1 Å². The van der Waals surface area contributed by atoms with Crippen molar-refractivity contribution < 1.29 is 5.11 Å². The minimum Gasteiger partial charge on any atom is -0.392 e. The van der Waals surface area contributed by atoms with Crippen LogP contribution in [0.15, 0.2) is 33.6 Å². The number of halogens is 1. The second-order valence-corrected chi connectivity index (χ2v) is 7.67. The number of aliphatic hydroxyl groups is 1. The highest BCUT2D eigenvalue weighted by molar-refractivity contribution is 9.10. The Morgan fingerprint density at radius 3 is 2.58 bits per heavy atom. The third-order valence-electron chi connectivity index (χ3n) is 2.74. The van der Waals surface area contributed by atoms with Crippen molar-refractivity contribution in [2.75, 3.05) is 5.75 Å². The lowest BCUT2D eigenvalue weighted by molar-refractivity contribution is 0.200. The molecule has 0 fully saturated rings. The Labute approximate surface area is 130 Å². The number of thiazole rings is 1. The van der Waals surface area contributed by atoms with Crippen molar-refractivity contribution in [2.45, 2.75) is 31.3 Å². The molecule has 19 heavy (non-hydrogen) atoms. The first-order valence-electron chi connectivity index (χ1n) is 6.04. The van der Waals surface area contributed by atoms with Crippen molar-refractivity contribution in [1.82, 2.24) is 4.98 Å². The van der Waals surface area contributed by atoms with E-state index in [9.17, 15) is 5.11 Å². The van der Waals surface area contributed by atoms with Gasteiger partial charge < -0.3 is 5.11 Å². The van der Waals surface area contributed by atoms with Gasteiger partial charge in [0, 0.05) is 26.4 Å². The van der Waals surface area contributed by atoms with E-state index in [2.05, 4.69) is 40.0 Å². The van der Waals surface area contributed by atoms with Crippen LogP contribution in [0.4, 0.5) is 0 Å². The molecular formula is C14H16BrNOS2. The van der Waals surface area contributed by atoms with Gasteiger partial charge in [0.05, 0.1) is 16.8 Å². The highest BCUT2D eigenvalue weighted by atomic mass is 79.9. The molecule has 2 aromatic rings. The normalized spacial score (nSPS) is 12.6. The van der Waals surface area contributed by atoms with Crippen molar-refractivity contribution in [1.29, 1.82) is 0 Å². The van der Waals surface area contributed by atoms with Crippen molar-refractivity contribution in [3.05, 3.63) is 44.3 Å². The van der Waals surface area contributed by atoms with Crippen LogP contribution in [-0.4, -0.2) is 21.9 Å². The van der Waals surface area contributed by atoms with Crippen LogP contribution < -0.4 is 0 Å². The Bertz CT molecular complexity index is 519. The second kappa shape index (κ2) is 6.88. The number of thioether (sulfide) groups is 1. The molecule has 5 heteroatoms. The van der Waals surface area contributed by atoms with Crippen LogP contribution >= 0.6 is 39.0 Å². The zero-order valence-corrected chi connectivity index (χ0v) is 14.1. The Morgan fingerprint density at radius 2 is 2.00 bits per heavy atom. The average molecular weight is 358 g/mol. The van der Waals surface area contributed by atoms with Crippen molar-refractivity contribution in [2.24, 2.45) is 0 Å². The van der Waals surface area contributed by atoms with Gasteiger partial charge in [-0.15, -0.1) is 23.1 Å². The zero-order valence-electron chi connectivity index (χ0n) is 10.9. The van der Waals surface area contributed by atoms with Crippen molar-refractivity contribution >= 4 is 39.0 Å². The van der Waals surface area contributed by atoms with Crippen LogP contribution in [0.3, 0.4) is 0 Å². The van der Waals surface area contributed by atoms with Crippen LogP contribution in [0.2, 0.25) is 0 Å². The molecule has 1 aromatic heterocycles. The highest BCUT2D eigenvalue weighted by Crippen LogP contribution is 2.23. The number of aromatic nitrogens is 1. The van der Waals surface area contributed by atoms with Gasteiger partial charge in [-0.25, -0.2) is 4.98 Å². The SMILES string of the molecule is Cc1nc(CC(O)CSc2ccc(Br)cc2)sc1C. The summed E-state index contributed by atoms with van der Waals surface area (Å²) in [6.07, 6.45) is 0.293. The molecule has 2 nitrogen and oxygen atoms in total. The van der Waals surface area contributed by atoms with Crippen molar-refractivity contribution in [3.63, 3.8) is 0 Å². The summed E-state index contributed by atoms with van der Waals surface area (Å²) in [5, 5.41) is 11.1. The fourth-order valence-corrected chi connectivity index (χ4v) is 3.71. The second-order valence-electron chi connectivity index (χ2n) is 4.37. The zero-order chi connectivity index (χ0) is 13.8. The number of hydrogen-bond acceptors (Lipinski definition) is 4. The fourth-order valence-electron chi connectivity index (χ4n) is 1.61. The molecule has 0 spiro atoms. The van der Waals surface area contributed by atoms with E-state index < -0.39 is 0 Å². The third-order valence-corrected chi connectivity index (χ3v) is 5.52. The molecule has 102 valence electrons. The summed E-state index contributed by atoms with van der Waals surface area (Å²) in [5.74, 6) is 0.694. The number of aliphatic hydroxyl groups excluding tert-OH is 1. The Morgan fingerprint density at radius 1 is 1.32 bits per heavy atom. The quantitative estimate of drug-likeness (QED) is 0.813. The first-order chi connectivity index (χ1) is 9.04. The molecule has 0 amide bonds. The van der Waals surface area contributed by atoms with Gasteiger partial charge in [0.2, 0.25) is 0 Å². The van der Waals surface area contributed by atoms with E-state index in [0.29, 0.717) is 12.2 Å². The Kier molecular flexibility index (Phi) is 5.45. The van der Waals surface area contributed by atoms with E-state index in [1.54, 1.807) is 23.1 Å². The predicted octanol–water partition coefficient (Wildman–Crippen LogP) is 4.22. The van der Waals surface area contributed by atoms with Gasteiger partial charge in [-0.2, -0.15) is 0 Å². The van der Waals surface area contributed by atoms with Gasteiger partial charge in [0.15, 0.2) is 0 Å². The maximum atomic E-state index is 10.1. The maximum absolute atomic E-state index is 10.1. The van der Waals surface area contributed by atoms with Gasteiger partial charge in [0.1, 0.15) is 0 Å². The molecule has 0 bridgehead atoms. The molecule has 0 radical (unpaired) electrons. The lowest BCUT2D eigenvalue weighted by Crippen LogP contribution is -2.13. The summed E-state index contributed by atoms with van der Waals surface area (Å²) in [4.78, 5) is 6.87. The molecule has 0 saturated carbocycles. The molecule has 1 unspecified atom stereocenters. The monoisotopic (exact) mass is 357 g/mol. The van der Waals surface area contributed by atoms with Gasteiger partial charge in [-0.3, -0.25) is 0 Å². The van der Waals surface area contributed by atoms with Gasteiger partial charge in [0.25, 0.3) is 0 Å². The third kappa shape index (κ3) is 4.60. The standard InChI is InChI=1S/C14H16BrNOS2/c1-9-10(2)19-14(16-9)7-12(17)8-18-13-5-3-11(15)4-6-13/h3-6,12,17H,7-8H2,1-2H3. The number of aryl methyl sites for hydroxylation is 2. The summed E-state index contributed by atoms with van der Waals surface area (Å²) in [6.45, 7) is 4.08. The van der Waals surface area contributed by atoms with Crippen LogP contribution in [0.25, 0.3) is 0 Å². The van der Waals surface area contributed by atoms with Crippen LogP contribution in [0, 0.1) is 13.8 Å². The van der Waals surface area contributed by atoms with Crippen LogP contribution in [-0.2, 0) is 6.42 Å². The average Bonchev–Trinajstić information content (AvgIpc) is 2.67. The van der Waals surface area contributed by atoms with Gasteiger partial charge >= 0.3 is 0 Å². The molecule has 2 rings (SSSR count). The molecular weight excluding hydrogens is 342 g/mol. The molecule has 0 aliphatic carbocycles. The molecule has 0 aliphatic rings. The number of benzene rings is 1. The topological polar surface area (TPSA) is 33.1 Å². The molecule has 1 heterocycles. The predicted molar refractivity (Wildman–Crippen MR) is 86.2 cm³/mol. The van der Waals surface area contributed by atoms with Crippen LogP contribution in [0.1, 0.15) is 15.6 Å². The highest BCUT2D eigenvalue weighted by Gasteiger charge is 2.11. The van der Waals surface area contributed by atoms with Gasteiger partial charge in [-0.05, 0) is 38.1 Å². The summed E-state index contributed by atoms with van der Waals surface area (Å²) in [7, 11) is 0. The van der Waals surface area contributed by atoms with Crippen LogP contribution in [0.5, 0.6) is 0 Å². The lowest BCUT2D eigenvalue weighted by atomic mass is 10.3. The van der Waals surface area contributed by atoms with E-state index in [1.165, 1.54) is 9.77 Å². The maximum Gasteiger partial charge on any atom is 0.0956 e. The summed E-state index contributed by atoms with van der Waals surface area (Å²) in [6, 6.07) is 8.14. The summed E-state index contributed by atoms with van der Waals surface area (Å²) < 4.78 is 1.08. The molecule has 1 atom stereocenters. The van der Waals surface area contributed by atoms with E-state index in [0.717, 1.165) is 15.2 Å². The minimum atomic E-state index is -0.349. The minimum absolute atomic E-state index is 0.349. The number of rotatable bonds is 5.